The number of benzene rings is 1. The van der Waals surface area contributed by atoms with Crippen LogP contribution in [0.2, 0.25) is 0 Å². The van der Waals surface area contributed by atoms with E-state index < -0.39 is 0 Å². The summed E-state index contributed by atoms with van der Waals surface area (Å²) >= 11 is 1.59. The second kappa shape index (κ2) is 10.7. The van der Waals surface area contributed by atoms with Crippen LogP contribution in [0.3, 0.4) is 0 Å². The van der Waals surface area contributed by atoms with Gasteiger partial charge in [0.05, 0.1) is 23.8 Å². The minimum absolute atomic E-state index is 0.335. The fraction of sp³-hybridized carbons (Fsp3) is 0.458. The van der Waals surface area contributed by atoms with Gasteiger partial charge < -0.3 is 19.4 Å². The maximum absolute atomic E-state index is 9.65. The average Bonchev–Trinajstić information content (AvgIpc) is 3.19. The highest BCUT2D eigenvalue weighted by atomic mass is 32.2. The van der Waals surface area contributed by atoms with E-state index >= 15 is 0 Å². The van der Waals surface area contributed by atoms with E-state index in [0.29, 0.717) is 39.7 Å². The number of aryl methyl sites for hydroxylation is 1. The van der Waals surface area contributed by atoms with E-state index in [9.17, 15) is 5.26 Å². The quantitative estimate of drug-likeness (QED) is 0.340. The molecule has 2 aromatic heterocycles. The van der Waals surface area contributed by atoms with Crippen LogP contribution in [0.15, 0.2) is 23.5 Å². The maximum atomic E-state index is 9.65. The van der Waals surface area contributed by atoms with Gasteiger partial charge in [-0.25, -0.2) is 9.97 Å². The Balaban J connectivity index is 2.10. The highest BCUT2D eigenvalue weighted by Crippen LogP contribution is 2.39. The summed E-state index contributed by atoms with van der Waals surface area (Å²) in [5.74, 6) is 1.35. The molecule has 3 aromatic rings. The van der Waals surface area contributed by atoms with E-state index in [4.69, 9.17) is 14.5 Å². The Hall–Kier alpha value is -2.76. The normalized spacial score (nSPS) is 11.3. The van der Waals surface area contributed by atoms with Crippen LogP contribution < -0.4 is 9.47 Å². The molecule has 0 aliphatic heterocycles. The predicted octanol–water partition coefficient (Wildman–Crippen LogP) is 5.03. The van der Waals surface area contributed by atoms with E-state index in [1.165, 1.54) is 0 Å². The summed E-state index contributed by atoms with van der Waals surface area (Å²) in [7, 11) is 1.64. The van der Waals surface area contributed by atoms with Crippen molar-refractivity contribution in [3.63, 3.8) is 0 Å². The van der Waals surface area contributed by atoms with Crippen LogP contribution >= 0.6 is 11.8 Å². The van der Waals surface area contributed by atoms with E-state index in [1.54, 1.807) is 25.1 Å². The Kier molecular flexibility index (Phi) is 7.99. The molecule has 0 aliphatic carbocycles. The van der Waals surface area contributed by atoms with Crippen LogP contribution in [-0.4, -0.2) is 58.5 Å². The summed E-state index contributed by atoms with van der Waals surface area (Å²) < 4.78 is 11.7. The van der Waals surface area contributed by atoms with Crippen molar-refractivity contribution in [2.45, 2.75) is 45.0 Å². The fourth-order valence-electron chi connectivity index (χ4n) is 3.57. The van der Waals surface area contributed by atoms with Crippen molar-refractivity contribution in [2.75, 3.05) is 33.4 Å². The molecule has 0 unspecified atom stereocenters. The summed E-state index contributed by atoms with van der Waals surface area (Å²) in [6.07, 6.45) is 1.69. The molecular weight excluding hydrogens is 422 g/mol. The molecule has 0 atom stereocenters. The molecular formula is C24H31N5O2S. The third kappa shape index (κ3) is 5.17. The highest BCUT2D eigenvalue weighted by molar-refractivity contribution is 7.99. The Morgan fingerprint density at radius 2 is 1.94 bits per heavy atom. The Morgan fingerprint density at radius 1 is 1.19 bits per heavy atom. The zero-order valence-corrected chi connectivity index (χ0v) is 20.5. The van der Waals surface area contributed by atoms with Crippen molar-refractivity contribution in [1.82, 2.24) is 19.9 Å². The molecule has 0 saturated carbocycles. The summed E-state index contributed by atoms with van der Waals surface area (Å²) in [6.45, 7) is 13.9. The van der Waals surface area contributed by atoms with Gasteiger partial charge in [0.2, 0.25) is 0 Å². The van der Waals surface area contributed by atoms with E-state index in [1.807, 2.05) is 19.1 Å². The first-order valence-electron chi connectivity index (χ1n) is 10.9. The van der Waals surface area contributed by atoms with Gasteiger partial charge in [-0.3, -0.25) is 0 Å². The van der Waals surface area contributed by atoms with Crippen LogP contribution in [0.1, 0.15) is 38.8 Å². The minimum atomic E-state index is 0.335. The average molecular weight is 454 g/mol. The van der Waals surface area contributed by atoms with Crippen LogP contribution in [0.5, 0.6) is 11.5 Å². The molecule has 0 bridgehead atoms. The molecule has 8 heteroatoms. The van der Waals surface area contributed by atoms with Crippen LogP contribution in [0.4, 0.5) is 0 Å². The molecule has 32 heavy (non-hydrogen) atoms. The Labute approximate surface area is 194 Å². The summed E-state index contributed by atoms with van der Waals surface area (Å²) in [4.78, 5) is 14.9. The van der Waals surface area contributed by atoms with Gasteiger partial charge in [0, 0.05) is 23.6 Å². The van der Waals surface area contributed by atoms with E-state index in [-0.39, 0.29) is 0 Å². The summed E-state index contributed by atoms with van der Waals surface area (Å²) in [5, 5.41) is 11.4. The van der Waals surface area contributed by atoms with Gasteiger partial charge in [0.15, 0.2) is 16.7 Å². The molecule has 1 aromatic carbocycles. The van der Waals surface area contributed by atoms with Crippen molar-refractivity contribution < 1.29 is 9.47 Å². The number of ether oxygens (including phenoxy) is 2. The Morgan fingerprint density at radius 3 is 2.56 bits per heavy atom. The first kappa shape index (κ1) is 23.9. The summed E-state index contributed by atoms with van der Waals surface area (Å²) in [5.41, 5.74) is 3.80. The monoisotopic (exact) mass is 453 g/mol. The van der Waals surface area contributed by atoms with Gasteiger partial charge in [-0.05, 0) is 37.7 Å². The van der Waals surface area contributed by atoms with Crippen molar-refractivity contribution in [3.05, 3.63) is 29.5 Å². The lowest BCUT2D eigenvalue weighted by atomic mass is 10.0. The number of hydrogen-bond donors (Lipinski definition) is 1. The molecule has 0 amide bonds. The first-order valence-corrected chi connectivity index (χ1v) is 11.8. The number of thioether (sulfide) groups is 1. The number of methoxy groups -OCH3 is 1. The fourth-order valence-corrected chi connectivity index (χ4v) is 4.28. The van der Waals surface area contributed by atoms with Gasteiger partial charge in [-0.2, -0.15) is 5.26 Å². The SMILES string of the molecule is CCN(CC)CCOc1cc(-c2nc(SC(C)C)nc3[nH]cc(C#N)c23)c(C)cc1OC. The number of aromatic nitrogens is 3. The standard InChI is InChI=1S/C24H31N5O2S/c1-7-29(8-2)9-10-31-20-12-18(16(5)11-19(20)30-6)22-21-17(13-25)14-26-23(21)28-24(27-22)32-15(3)4/h11-12,14-15H,7-10H2,1-6H3,(H,26,27,28). The smallest absolute Gasteiger partial charge is 0.190 e. The summed E-state index contributed by atoms with van der Waals surface area (Å²) in [6, 6.07) is 6.19. The number of nitrogens with zero attached hydrogens (tertiary/aromatic N) is 4. The number of H-pyrrole nitrogens is 1. The number of nitrogens with one attached hydrogen (secondary N) is 1. The van der Waals surface area contributed by atoms with Crippen molar-refractivity contribution in [1.29, 1.82) is 5.26 Å². The van der Waals surface area contributed by atoms with Gasteiger partial charge in [0.25, 0.3) is 0 Å². The predicted molar refractivity (Wildman–Crippen MR) is 130 cm³/mol. The number of rotatable bonds is 10. The third-order valence-electron chi connectivity index (χ3n) is 5.30. The zero-order valence-electron chi connectivity index (χ0n) is 19.7. The molecule has 7 nitrogen and oxygen atoms in total. The Bertz CT molecular complexity index is 1120. The zero-order chi connectivity index (χ0) is 23.3. The number of fused-ring (bicyclic) bond motifs is 1. The minimum Gasteiger partial charge on any atom is -0.493 e. The topological polar surface area (TPSA) is 87.1 Å². The first-order chi connectivity index (χ1) is 15.4. The number of nitriles is 1. The molecule has 170 valence electrons. The molecule has 0 fully saturated rings. The van der Waals surface area contributed by atoms with Crippen molar-refractivity contribution in [3.8, 4) is 28.8 Å². The highest BCUT2D eigenvalue weighted by Gasteiger charge is 2.20. The second-order valence-electron chi connectivity index (χ2n) is 7.75. The lowest BCUT2D eigenvalue weighted by molar-refractivity contribution is 0.217. The number of aromatic amines is 1. The molecule has 2 heterocycles. The molecule has 3 rings (SSSR count). The molecule has 0 saturated heterocycles. The van der Waals surface area contributed by atoms with Gasteiger partial charge >= 0.3 is 0 Å². The molecule has 0 radical (unpaired) electrons. The maximum Gasteiger partial charge on any atom is 0.190 e. The lowest BCUT2D eigenvalue weighted by Crippen LogP contribution is -2.27. The van der Waals surface area contributed by atoms with Gasteiger partial charge in [-0.1, -0.05) is 39.5 Å². The third-order valence-corrected chi connectivity index (χ3v) is 6.16. The van der Waals surface area contributed by atoms with Crippen molar-refractivity contribution >= 4 is 22.8 Å². The van der Waals surface area contributed by atoms with Crippen LogP contribution in [0.25, 0.3) is 22.3 Å². The molecule has 0 spiro atoms. The van der Waals surface area contributed by atoms with Crippen molar-refractivity contribution in [2.24, 2.45) is 0 Å². The number of hydrogen-bond acceptors (Lipinski definition) is 7. The van der Waals surface area contributed by atoms with E-state index in [0.717, 1.165) is 41.8 Å². The van der Waals surface area contributed by atoms with Crippen LogP contribution in [0, 0.1) is 18.3 Å². The second-order valence-corrected chi connectivity index (χ2v) is 9.30. The molecule has 1 N–H and O–H groups in total. The molecule has 0 aliphatic rings. The van der Waals surface area contributed by atoms with Gasteiger partial charge in [0.1, 0.15) is 18.3 Å². The van der Waals surface area contributed by atoms with E-state index in [2.05, 4.69) is 48.6 Å². The van der Waals surface area contributed by atoms with Gasteiger partial charge in [-0.15, -0.1) is 0 Å². The lowest BCUT2D eigenvalue weighted by Gasteiger charge is -2.19. The largest absolute Gasteiger partial charge is 0.493 e. The van der Waals surface area contributed by atoms with Crippen LogP contribution in [-0.2, 0) is 0 Å². The number of likely N-dealkylation sites (N-methyl/N-ethyl adjacent to an activating group) is 1.